The number of rotatable bonds is 8. The Kier molecular flexibility index (Phi) is 7.77. The van der Waals surface area contributed by atoms with Crippen LogP contribution >= 0.6 is 0 Å². The number of nitrogens with zero attached hydrogens (tertiary/aromatic N) is 6. The molecule has 0 radical (unpaired) electrons. The zero-order chi connectivity index (χ0) is 28.4. The monoisotopic (exact) mass is 584 g/mol. The third-order valence-electron chi connectivity index (χ3n) is 7.32. The molecule has 11 nitrogen and oxygen atoms in total. The first-order chi connectivity index (χ1) is 19.9. The van der Waals surface area contributed by atoms with E-state index in [-0.39, 0.29) is 28.9 Å². The Bertz CT molecular complexity index is 1610. The molecule has 3 heterocycles. The van der Waals surface area contributed by atoms with Gasteiger partial charge in [0.2, 0.25) is 27.9 Å². The van der Waals surface area contributed by atoms with Crippen molar-refractivity contribution in [3.63, 3.8) is 0 Å². The Morgan fingerprint density at radius 2 is 1.49 bits per heavy atom. The van der Waals surface area contributed by atoms with E-state index >= 15 is 0 Å². The molecule has 4 aromatic rings. The molecule has 6 rings (SSSR count). The van der Waals surface area contributed by atoms with Gasteiger partial charge in [-0.25, -0.2) is 26.9 Å². The quantitative estimate of drug-likeness (QED) is 0.319. The maximum Gasteiger partial charge on any atom is 0.296 e. The van der Waals surface area contributed by atoms with Gasteiger partial charge in [-0.05, 0) is 49.9 Å². The van der Waals surface area contributed by atoms with Gasteiger partial charge in [-0.3, -0.25) is 4.57 Å². The Hall–Kier alpha value is -3.75. The lowest BCUT2D eigenvalue weighted by Crippen LogP contribution is -2.40. The fourth-order valence-corrected chi connectivity index (χ4v) is 6.58. The van der Waals surface area contributed by atoms with Gasteiger partial charge >= 0.3 is 0 Å². The number of aromatic nitrogens is 5. The van der Waals surface area contributed by atoms with Gasteiger partial charge in [-0.15, -0.1) is 0 Å². The molecule has 2 aromatic heterocycles. The summed E-state index contributed by atoms with van der Waals surface area (Å²) in [6.07, 6.45) is -0.241. The van der Waals surface area contributed by atoms with Crippen LogP contribution in [-0.4, -0.2) is 71.3 Å². The number of hydrogen-bond acceptors (Lipinski definition) is 9. The molecule has 2 aliphatic rings. The summed E-state index contributed by atoms with van der Waals surface area (Å²) in [6, 6.07) is 15.0. The lowest BCUT2D eigenvalue weighted by Gasteiger charge is -2.30. The van der Waals surface area contributed by atoms with Crippen LogP contribution in [0.5, 0.6) is 0 Å². The fraction of sp³-hybridized carbons (Fsp3) is 0.407. The Labute approximate surface area is 236 Å². The normalized spacial score (nSPS) is 20.0. The van der Waals surface area contributed by atoms with Crippen LogP contribution < -0.4 is 14.9 Å². The number of nitrogens with one attached hydrogen (secondary N) is 2. The molecule has 1 saturated heterocycles. The van der Waals surface area contributed by atoms with E-state index in [1.165, 1.54) is 4.57 Å². The lowest BCUT2D eigenvalue weighted by molar-refractivity contribution is 0.122. The molecular weight excluding hydrogens is 554 g/mol. The summed E-state index contributed by atoms with van der Waals surface area (Å²) in [4.78, 5) is 20.1. The molecule has 1 aliphatic carbocycles. The van der Waals surface area contributed by atoms with Gasteiger partial charge in [0.05, 0.1) is 29.1 Å². The van der Waals surface area contributed by atoms with E-state index in [1.54, 1.807) is 54.6 Å². The molecule has 14 heteroatoms. The van der Waals surface area contributed by atoms with E-state index < -0.39 is 22.3 Å². The standard InChI is InChI=1S/C27H30F2N8O3S/c28-23(29)24-31-21-8-4-5-9-22(21)37(24)27-33-25(32-26(34-27)36-14-16-40-17-15-36)30-18-10-12-19(13-11-18)35-41(38,39)20-6-2-1-3-7-20/h1-9,18-19,23,35H,10-17H2,(H,30,32,33,34). The SMILES string of the molecule is O=S(=O)(NC1CCC(Nc2nc(N3CCOCC3)nc(-n3c(C(F)F)nc4ccccc43)n2)CC1)c1ccccc1. The molecule has 41 heavy (non-hydrogen) atoms. The molecule has 1 saturated carbocycles. The van der Waals surface area contributed by atoms with Gasteiger partial charge in [0.25, 0.3) is 6.43 Å². The van der Waals surface area contributed by atoms with Gasteiger partial charge in [0.15, 0.2) is 5.82 Å². The first-order valence-electron chi connectivity index (χ1n) is 13.6. The Balaban J connectivity index is 1.25. The fourth-order valence-electron chi connectivity index (χ4n) is 5.25. The second kappa shape index (κ2) is 11.6. The number of hydrogen-bond donors (Lipinski definition) is 2. The van der Waals surface area contributed by atoms with E-state index in [1.807, 2.05) is 4.90 Å². The van der Waals surface area contributed by atoms with Crippen molar-refractivity contribution in [2.75, 3.05) is 36.5 Å². The highest BCUT2D eigenvalue weighted by Gasteiger charge is 2.28. The van der Waals surface area contributed by atoms with Crippen LogP contribution in [0.3, 0.4) is 0 Å². The Morgan fingerprint density at radius 1 is 0.829 bits per heavy atom. The van der Waals surface area contributed by atoms with Crippen molar-refractivity contribution in [2.24, 2.45) is 0 Å². The van der Waals surface area contributed by atoms with Crippen LogP contribution in [0.1, 0.15) is 37.9 Å². The van der Waals surface area contributed by atoms with Crippen molar-refractivity contribution in [3.05, 3.63) is 60.4 Å². The molecule has 0 atom stereocenters. The van der Waals surface area contributed by atoms with E-state index in [9.17, 15) is 17.2 Å². The van der Waals surface area contributed by atoms with Gasteiger partial charge in [-0.2, -0.15) is 15.0 Å². The van der Waals surface area contributed by atoms with Crippen molar-refractivity contribution in [1.29, 1.82) is 0 Å². The Morgan fingerprint density at radius 3 is 2.22 bits per heavy atom. The number of ether oxygens (including phenoxy) is 1. The molecule has 216 valence electrons. The summed E-state index contributed by atoms with van der Waals surface area (Å²) in [6.45, 7) is 2.12. The molecule has 2 N–H and O–H groups in total. The molecular formula is C27H30F2N8O3S. The van der Waals surface area contributed by atoms with Crippen LogP contribution in [0.4, 0.5) is 20.7 Å². The molecule has 0 amide bonds. The number of sulfonamides is 1. The number of morpholine rings is 1. The molecule has 2 fully saturated rings. The van der Waals surface area contributed by atoms with Crippen LogP contribution in [0, 0.1) is 0 Å². The molecule has 2 aromatic carbocycles. The predicted molar refractivity (Wildman–Crippen MR) is 149 cm³/mol. The third kappa shape index (κ3) is 5.99. The second-order valence-electron chi connectivity index (χ2n) is 10.1. The van der Waals surface area contributed by atoms with E-state index in [2.05, 4.69) is 30.0 Å². The minimum absolute atomic E-state index is 0.0330. The van der Waals surface area contributed by atoms with Gasteiger partial charge in [-0.1, -0.05) is 30.3 Å². The summed E-state index contributed by atoms with van der Waals surface area (Å²) >= 11 is 0. The minimum Gasteiger partial charge on any atom is -0.378 e. The molecule has 0 spiro atoms. The van der Waals surface area contributed by atoms with E-state index in [0.29, 0.717) is 69.0 Å². The largest absolute Gasteiger partial charge is 0.378 e. The maximum absolute atomic E-state index is 14.1. The number of anilines is 2. The summed E-state index contributed by atoms with van der Waals surface area (Å²) < 4.78 is 63.3. The second-order valence-corrected chi connectivity index (χ2v) is 11.8. The summed E-state index contributed by atoms with van der Waals surface area (Å²) in [7, 11) is -3.60. The first kappa shape index (κ1) is 27.4. The number of fused-ring (bicyclic) bond motifs is 1. The number of halogens is 2. The third-order valence-corrected chi connectivity index (χ3v) is 8.86. The number of imidazole rings is 1. The van der Waals surface area contributed by atoms with Crippen LogP contribution in [-0.2, 0) is 14.8 Å². The first-order valence-corrected chi connectivity index (χ1v) is 15.0. The topological polar surface area (TPSA) is 127 Å². The highest BCUT2D eigenvalue weighted by Crippen LogP contribution is 2.29. The minimum atomic E-state index is -3.60. The average Bonchev–Trinajstić information content (AvgIpc) is 3.39. The maximum atomic E-state index is 14.1. The van der Waals surface area contributed by atoms with Crippen molar-refractivity contribution < 1.29 is 21.9 Å². The summed E-state index contributed by atoms with van der Waals surface area (Å²) in [5.74, 6) is 0.241. The van der Waals surface area contributed by atoms with Crippen LogP contribution in [0.25, 0.3) is 17.0 Å². The van der Waals surface area contributed by atoms with Crippen molar-refractivity contribution >= 4 is 33.0 Å². The molecule has 1 aliphatic heterocycles. The summed E-state index contributed by atoms with van der Waals surface area (Å²) in [5.41, 5.74) is 0.890. The van der Waals surface area contributed by atoms with E-state index in [4.69, 9.17) is 4.74 Å². The van der Waals surface area contributed by atoms with Gasteiger partial charge < -0.3 is 15.0 Å². The van der Waals surface area contributed by atoms with Crippen molar-refractivity contribution in [3.8, 4) is 5.95 Å². The van der Waals surface area contributed by atoms with Crippen LogP contribution in [0.2, 0.25) is 0 Å². The average molecular weight is 585 g/mol. The molecule has 0 unspecified atom stereocenters. The van der Waals surface area contributed by atoms with Crippen molar-refractivity contribution in [2.45, 2.75) is 49.1 Å². The smallest absolute Gasteiger partial charge is 0.296 e. The van der Waals surface area contributed by atoms with Gasteiger partial charge in [0, 0.05) is 25.2 Å². The summed E-state index contributed by atoms with van der Waals surface area (Å²) in [5, 5.41) is 3.36. The van der Waals surface area contributed by atoms with E-state index in [0.717, 1.165) is 0 Å². The van der Waals surface area contributed by atoms with Crippen LogP contribution in [0.15, 0.2) is 59.5 Å². The van der Waals surface area contributed by atoms with Crippen molar-refractivity contribution in [1.82, 2.24) is 29.2 Å². The van der Waals surface area contributed by atoms with Gasteiger partial charge in [0.1, 0.15) is 0 Å². The lowest BCUT2D eigenvalue weighted by atomic mass is 9.92. The zero-order valence-electron chi connectivity index (χ0n) is 22.2. The highest BCUT2D eigenvalue weighted by molar-refractivity contribution is 7.89. The molecule has 0 bridgehead atoms. The number of alkyl halides is 2. The number of para-hydroxylation sites is 2. The zero-order valence-corrected chi connectivity index (χ0v) is 23.0. The highest BCUT2D eigenvalue weighted by atomic mass is 32.2. The predicted octanol–water partition coefficient (Wildman–Crippen LogP) is 3.69. The number of benzene rings is 2.